The summed E-state index contributed by atoms with van der Waals surface area (Å²) < 4.78 is 11.4. The number of nitrogens with two attached hydrogens (primary N) is 1. The Kier molecular flexibility index (Phi) is 6.28. The molecule has 0 saturated carbocycles. The first-order chi connectivity index (χ1) is 25.7. The zero-order valence-corrected chi connectivity index (χ0v) is 28.9. The fraction of sp³-hybridized carbons (Fsp3) is 0.106. The number of furan rings is 1. The van der Waals surface area contributed by atoms with Gasteiger partial charge >= 0.3 is 0 Å². The number of allylic oxidation sites excluding steroid dienone is 1. The van der Waals surface area contributed by atoms with Crippen LogP contribution in [0.2, 0.25) is 0 Å². The molecule has 0 aliphatic heterocycles. The molecule has 11 rings (SSSR count). The Balaban J connectivity index is 1.07. The van der Waals surface area contributed by atoms with Crippen LogP contribution in [-0.2, 0) is 12.8 Å². The molecule has 6 aromatic carbocycles. The number of hydrogen-bond acceptors (Lipinski definition) is 3. The quantitative estimate of drug-likeness (QED) is 0.179. The predicted molar refractivity (Wildman–Crippen MR) is 216 cm³/mol. The minimum absolute atomic E-state index is 0.353. The maximum absolute atomic E-state index is 7.14. The second-order valence-electron chi connectivity index (χ2n) is 14.2. The molecule has 4 heterocycles. The van der Waals surface area contributed by atoms with Gasteiger partial charge in [0, 0.05) is 57.0 Å². The van der Waals surface area contributed by atoms with E-state index in [0.29, 0.717) is 0 Å². The third kappa shape index (κ3) is 4.08. The van der Waals surface area contributed by atoms with Crippen LogP contribution in [0, 0.1) is 0 Å². The number of rotatable bonds is 6. The van der Waals surface area contributed by atoms with Crippen LogP contribution in [0.5, 0.6) is 0 Å². The molecule has 4 aromatic heterocycles. The molecule has 1 atom stereocenters. The highest BCUT2D eigenvalue weighted by molar-refractivity contribution is 6.34. The van der Waals surface area contributed by atoms with E-state index in [1.807, 2.05) is 0 Å². The first-order valence-corrected chi connectivity index (χ1v) is 18.2. The molecular weight excluding hydrogens is 637 g/mol. The second kappa shape index (κ2) is 11.1. The van der Waals surface area contributed by atoms with E-state index in [2.05, 4.69) is 167 Å². The molecule has 0 fully saturated rings. The highest BCUT2D eigenvalue weighted by Gasteiger charge is 2.28. The first kappa shape index (κ1) is 29.4. The van der Waals surface area contributed by atoms with Crippen molar-refractivity contribution in [3.05, 3.63) is 168 Å². The molecule has 1 aliphatic rings. The van der Waals surface area contributed by atoms with Crippen molar-refractivity contribution in [2.75, 3.05) is 11.9 Å². The largest absolute Gasteiger partial charge is 0.459 e. The minimum Gasteiger partial charge on any atom is -0.459 e. The number of fused-ring (bicyclic) bond motifs is 11. The standard InChI is InChI=1S/C47H36N4O/c1-49(44-35-18-8-12-22-41(35)52-42(44)27-29-13-3-2-4-14-29)47(48)30-23-25-31(26-24-30)50-38-19-9-5-15-32(38)36-28-37-33-16-6-10-20-39(33)51-40-21-11-7-17-34(40)43(45(36)50)46(37)51/h2-7,9-17,19-26,28,47H,8,18,27,48H2,1H3. The summed E-state index contributed by atoms with van der Waals surface area (Å²) in [5.74, 6) is 1.92. The lowest BCUT2D eigenvalue weighted by atomic mass is 10.00. The Hall–Kier alpha value is -6.30. The molecule has 2 N–H and O–H groups in total. The average Bonchev–Trinajstić information content (AvgIpc) is 3.93. The van der Waals surface area contributed by atoms with E-state index in [1.165, 1.54) is 71.0 Å². The van der Waals surface area contributed by atoms with Crippen molar-refractivity contribution in [3.8, 4) is 5.69 Å². The number of nitrogens with zero attached hydrogens (tertiary/aromatic N) is 3. The second-order valence-corrected chi connectivity index (χ2v) is 14.2. The summed E-state index contributed by atoms with van der Waals surface area (Å²) in [5.41, 5.74) is 19.1. The molecule has 10 aromatic rings. The van der Waals surface area contributed by atoms with Gasteiger partial charge in [0.25, 0.3) is 0 Å². The van der Waals surface area contributed by atoms with Crippen LogP contribution in [0.25, 0.3) is 71.7 Å². The lowest BCUT2D eigenvalue weighted by Crippen LogP contribution is -2.32. The van der Waals surface area contributed by atoms with E-state index in [1.54, 1.807) is 0 Å². The number of aromatic nitrogens is 2. The van der Waals surface area contributed by atoms with Crippen LogP contribution in [0.1, 0.15) is 40.8 Å². The Bertz CT molecular complexity index is 3010. The highest BCUT2D eigenvalue weighted by atomic mass is 16.3. The Morgan fingerprint density at radius 1 is 0.692 bits per heavy atom. The summed E-state index contributed by atoms with van der Waals surface area (Å²) in [4.78, 5) is 2.21. The molecule has 0 spiro atoms. The van der Waals surface area contributed by atoms with Crippen LogP contribution in [0.3, 0.4) is 0 Å². The monoisotopic (exact) mass is 672 g/mol. The molecule has 0 saturated heterocycles. The average molecular weight is 673 g/mol. The van der Waals surface area contributed by atoms with Gasteiger partial charge in [-0.3, -0.25) is 0 Å². The molecular formula is C47H36N4O. The van der Waals surface area contributed by atoms with Gasteiger partial charge in [0.2, 0.25) is 0 Å². The van der Waals surface area contributed by atoms with Crippen molar-refractivity contribution < 1.29 is 4.42 Å². The summed E-state index contributed by atoms with van der Waals surface area (Å²) >= 11 is 0. The van der Waals surface area contributed by atoms with Crippen LogP contribution >= 0.6 is 0 Å². The zero-order valence-electron chi connectivity index (χ0n) is 28.9. The number of hydrogen-bond donors (Lipinski definition) is 1. The lowest BCUT2D eigenvalue weighted by molar-refractivity contribution is 0.506. The van der Waals surface area contributed by atoms with E-state index >= 15 is 0 Å². The fourth-order valence-electron chi connectivity index (χ4n) is 9.04. The van der Waals surface area contributed by atoms with Crippen LogP contribution in [0.15, 0.2) is 144 Å². The maximum Gasteiger partial charge on any atom is 0.132 e. The van der Waals surface area contributed by atoms with Crippen molar-refractivity contribution in [2.24, 2.45) is 5.73 Å². The molecule has 5 nitrogen and oxygen atoms in total. The van der Waals surface area contributed by atoms with Crippen LogP contribution in [0.4, 0.5) is 5.69 Å². The minimum atomic E-state index is -0.353. The molecule has 250 valence electrons. The van der Waals surface area contributed by atoms with Gasteiger partial charge in [-0.2, -0.15) is 0 Å². The van der Waals surface area contributed by atoms with Crippen molar-refractivity contribution in [1.29, 1.82) is 0 Å². The van der Waals surface area contributed by atoms with E-state index in [-0.39, 0.29) is 6.17 Å². The van der Waals surface area contributed by atoms with Gasteiger partial charge in [0.15, 0.2) is 0 Å². The SMILES string of the molecule is CN(c1c(Cc2ccccc2)oc2c1CCC=C2)C(N)c1ccc(-n2c3ccccc3c3cc4c5ccccc5n5c6ccccc6c(c32)c45)cc1. The third-order valence-corrected chi connectivity index (χ3v) is 11.4. The van der Waals surface area contributed by atoms with Crippen molar-refractivity contribution in [2.45, 2.75) is 25.4 Å². The summed E-state index contributed by atoms with van der Waals surface area (Å²) in [6, 6.07) is 48.3. The van der Waals surface area contributed by atoms with Gasteiger partial charge in [0.1, 0.15) is 17.7 Å². The number of anilines is 1. The molecule has 0 radical (unpaired) electrons. The van der Waals surface area contributed by atoms with Gasteiger partial charge < -0.3 is 24.0 Å². The van der Waals surface area contributed by atoms with E-state index in [0.717, 1.165) is 47.7 Å². The van der Waals surface area contributed by atoms with E-state index in [4.69, 9.17) is 10.2 Å². The Morgan fingerprint density at radius 2 is 1.33 bits per heavy atom. The highest BCUT2D eigenvalue weighted by Crippen LogP contribution is 2.46. The summed E-state index contributed by atoms with van der Waals surface area (Å²) in [5, 5.41) is 7.67. The van der Waals surface area contributed by atoms with E-state index in [9.17, 15) is 0 Å². The van der Waals surface area contributed by atoms with Gasteiger partial charge in [-0.1, -0.05) is 103 Å². The fourth-order valence-corrected chi connectivity index (χ4v) is 9.04. The molecule has 52 heavy (non-hydrogen) atoms. The molecule has 5 heteroatoms. The molecule has 1 aliphatic carbocycles. The number of para-hydroxylation sites is 3. The maximum atomic E-state index is 7.14. The molecule has 1 unspecified atom stereocenters. The van der Waals surface area contributed by atoms with Crippen molar-refractivity contribution in [1.82, 2.24) is 8.97 Å². The van der Waals surface area contributed by atoms with Gasteiger partial charge in [-0.05, 0) is 66.4 Å². The first-order valence-electron chi connectivity index (χ1n) is 18.2. The Labute approximate surface area is 300 Å². The summed E-state index contributed by atoms with van der Waals surface area (Å²) in [6.45, 7) is 0. The van der Waals surface area contributed by atoms with Crippen LogP contribution in [-0.4, -0.2) is 16.0 Å². The summed E-state index contributed by atoms with van der Waals surface area (Å²) in [6.07, 6.45) is 6.63. The van der Waals surface area contributed by atoms with Gasteiger partial charge in [0.05, 0.1) is 33.3 Å². The zero-order chi connectivity index (χ0) is 34.5. The van der Waals surface area contributed by atoms with E-state index < -0.39 is 0 Å². The van der Waals surface area contributed by atoms with Gasteiger partial charge in [-0.15, -0.1) is 0 Å². The van der Waals surface area contributed by atoms with Crippen molar-refractivity contribution >= 4 is 71.7 Å². The normalized spacial score (nSPS) is 13.7. The van der Waals surface area contributed by atoms with Gasteiger partial charge in [-0.25, -0.2) is 0 Å². The number of benzene rings is 6. The predicted octanol–water partition coefficient (Wildman–Crippen LogP) is 11.2. The lowest BCUT2D eigenvalue weighted by Gasteiger charge is -2.28. The van der Waals surface area contributed by atoms with Crippen LogP contribution < -0.4 is 10.6 Å². The molecule has 0 bridgehead atoms. The Morgan fingerprint density at radius 3 is 2.10 bits per heavy atom. The van der Waals surface area contributed by atoms with Crippen molar-refractivity contribution in [3.63, 3.8) is 0 Å². The third-order valence-electron chi connectivity index (χ3n) is 11.4. The molecule has 0 amide bonds. The smallest absolute Gasteiger partial charge is 0.132 e. The summed E-state index contributed by atoms with van der Waals surface area (Å²) in [7, 11) is 2.10. The topological polar surface area (TPSA) is 51.7 Å².